The summed E-state index contributed by atoms with van der Waals surface area (Å²) in [6, 6.07) is 7.18. The van der Waals surface area contributed by atoms with Crippen molar-refractivity contribution in [3.05, 3.63) is 35.4 Å². The molecule has 0 N–H and O–H groups in total. The minimum Gasteiger partial charge on any atom is -0.465 e. The van der Waals surface area contributed by atoms with Crippen LogP contribution in [0.3, 0.4) is 0 Å². The normalized spacial score (nSPS) is 22.2. The van der Waals surface area contributed by atoms with Gasteiger partial charge in [-0.3, -0.25) is 0 Å². The molecule has 1 aromatic carbocycles. The number of carbonyl (C=O) groups excluding carboxylic acids is 1. The van der Waals surface area contributed by atoms with E-state index in [9.17, 15) is 4.79 Å². The van der Waals surface area contributed by atoms with E-state index < -0.39 is 4.33 Å². The maximum Gasteiger partial charge on any atom is 0.337 e. The third-order valence-corrected chi connectivity index (χ3v) is 3.40. The minimum absolute atomic E-state index is 0.188. The summed E-state index contributed by atoms with van der Waals surface area (Å²) in [5.41, 5.74) is 1.60. The first-order valence-corrected chi connectivity index (χ1v) is 5.36. The molecule has 0 radical (unpaired) electrons. The van der Waals surface area contributed by atoms with Crippen molar-refractivity contribution in [2.45, 2.75) is 16.7 Å². The van der Waals surface area contributed by atoms with E-state index in [0.29, 0.717) is 5.56 Å². The quantitative estimate of drug-likeness (QED) is 0.591. The second-order valence-corrected chi connectivity index (χ2v) is 5.17. The largest absolute Gasteiger partial charge is 0.465 e. The van der Waals surface area contributed by atoms with E-state index in [-0.39, 0.29) is 11.9 Å². The number of alkyl halides is 2. The molecule has 1 aromatic rings. The highest BCUT2D eigenvalue weighted by Gasteiger charge is 2.52. The van der Waals surface area contributed by atoms with Crippen molar-refractivity contribution in [1.82, 2.24) is 0 Å². The van der Waals surface area contributed by atoms with E-state index in [1.807, 2.05) is 12.1 Å². The monoisotopic (exact) mass is 244 g/mol. The van der Waals surface area contributed by atoms with Gasteiger partial charge >= 0.3 is 5.97 Å². The van der Waals surface area contributed by atoms with Crippen LogP contribution in [0.1, 0.15) is 28.3 Å². The van der Waals surface area contributed by atoms with Crippen LogP contribution in [-0.2, 0) is 4.74 Å². The summed E-state index contributed by atoms with van der Waals surface area (Å²) in [6.45, 7) is 0. The summed E-state index contributed by atoms with van der Waals surface area (Å²) < 4.78 is 3.98. The number of methoxy groups -OCH3 is 1. The Balaban J connectivity index is 2.15. The van der Waals surface area contributed by atoms with E-state index in [4.69, 9.17) is 23.2 Å². The predicted octanol–water partition coefficient (Wildman–Crippen LogP) is 3.13. The van der Waals surface area contributed by atoms with E-state index in [2.05, 4.69) is 4.74 Å². The molecule has 0 heterocycles. The molecule has 0 saturated heterocycles. The topological polar surface area (TPSA) is 26.3 Å². The van der Waals surface area contributed by atoms with Gasteiger partial charge in [-0.1, -0.05) is 12.1 Å². The third-order valence-electron chi connectivity index (χ3n) is 2.56. The Bertz CT molecular complexity index is 384. The van der Waals surface area contributed by atoms with E-state index >= 15 is 0 Å². The van der Waals surface area contributed by atoms with Gasteiger partial charge in [0, 0.05) is 5.92 Å². The molecule has 1 atom stereocenters. The number of ether oxygens (including phenoxy) is 1. The van der Waals surface area contributed by atoms with Crippen molar-refractivity contribution in [3.8, 4) is 0 Å². The highest BCUT2D eigenvalue weighted by atomic mass is 35.5. The molecular formula is C11H10Cl2O2. The highest BCUT2D eigenvalue weighted by molar-refractivity contribution is 6.51. The lowest BCUT2D eigenvalue weighted by molar-refractivity contribution is 0.0600. The number of halogens is 2. The average Bonchev–Trinajstić information content (AvgIpc) is 2.87. The number of carbonyl (C=O) groups is 1. The Morgan fingerprint density at radius 2 is 1.93 bits per heavy atom. The first-order valence-electron chi connectivity index (χ1n) is 4.60. The van der Waals surface area contributed by atoms with Crippen LogP contribution in [0.25, 0.3) is 0 Å². The van der Waals surface area contributed by atoms with Crippen molar-refractivity contribution in [3.63, 3.8) is 0 Å². The minimum atomic E-state index is -0.618. The van der Waals surface area contributed by atoms with E-state index in [1.54, 1.807) is 12.1 Å². The standard InChI is InChI=1S/C11H10Cl2O2/c1-15-10(14)8-4-2-7(3-5-8)9-6-11(9,12)13/h2-5,9H,6H2,1H3. The molecule has 0 aromatic heterocycles. The molecule has 0 aliphatic heterocycles. The van der Waals surface area contributed by atoms with Crippen molar-refractivity contribution in [2.75, 3.05) is 7.11 Å². The number of hydrogen-bond acceptors (Lipinski definition) is 2. The fraction of sp³-hybridized carbons (Fsp3) is 0.364. The Labute approximate surface area is 98.1 Å². The van der Waals surface area contributed by atoms with Gasteiger partial charge in [0.05, 0.1) is 12.7 Å². The molecule has 80 valence electrons. The number of benzene rings is 1. The van der Waals surface area contributed by atoms with Gasteiger partial charge in [-0.25, -0.2) is 4.79 Å². The molecule has 2 nitrogen and oxygen atoms in total. The number of esters is 1. The molecule has 0 bridgehead atoms. The Morgan fingerprint density at radius 1 is 1.40 bits per heavy atom. The van der Waals surface area contributed by atoms with Gasteiger partial charge in [0.15, 0.2) is 0 Å². The molecule has 2 rings (SSSR count). The molecular weight excluding hydrogens is 235 g/mol. The van der Waals surface area contributed by atoms with Crippen LogP contribution >= 0.6 is 23.2 Å². The molecule has 0 amide bonds. The number of hydrogen-bond donors (Lipinski definition) is 0. The van der Waals surface area contributed by atoms with Crippen LogP contribution < -0.4 is 0 Å². The first-order chi connectivity index (χ1) is 7.04. The summed E-state index contributed by atoms with van der Waals surface area (Å²) in [4.78, 5) is 11.2. The Morgan fingerprint density at radius 3 is 2.33 bits per heavy atom. The highest BCUT2D eigenvalue weighted by Crippen LogP contribution is 2.59. The molecule has 0 spiro atoms. The zero-order valence-electron chi connectivity index (χ0n) is 8.17. The number of rotatable bonds is 2. The van der Waals surface area contributed by atoms with E-state index in [1.165, 1.54) is 7.11 Å². The van der Waals surface area contributed by atoms with Crippen molar-refractivity contribution in [2.24, 2.45) is 0 Å². The van der Waals surface area contributed by atoms with Gasteiger partial charge in [0.1, 0.15) is 4.33 Å². The van der Waals surface area contributed by atoms with Gasteiger partial charge < -0.3 is 4.74 Å². The van der Waals surface area contributed by atoms with Crippen LogP contribution in [-0.4, -0.2) is 17.4 Å². The van der Waals surface area contributed by atoms with Crippen molar-refractivity contribution < 1.29 is 9.53 Å². The second-order valence-electron chi connectivity index (χ2n) is 3.63. The smallest absolute Gasteiger partial charge is 0.337 e. The lowest BCUT2D eigenvalue weighted by Crippen LogP contribution is -2.01. The average molecular weight is 245 g/mol. The fourth-order valence-corrected chi connectivity index (χ4v) is 2.10. The van der Waals surface area contributed by atoms with Gasteiger partial charge in [-0.05, 0) is 24.1 Å². The van der Waals surface area contributed by atoms with Gasteiger partial charge in [0.2, 0.25) is 0 Å². The lowest BCUT2D eigenvalue weighted by Gasteiger charge is -2.02. The van der Waals surface area contributed by atoms with Gasteiger partial charge in [-0.2, -0.15) is 0 Å². The van der Waals surface area contributed by atoms with Crippen molar-refractivity contribution >= 4 is 29.2 Å². The fourth-order valence-electron chi connectivity index (χ4n) is 1.54. The molecule has 4 heteroatoms. The van der Waals surface area contributed by atoms with Crippen LogP contribution in [0.5, 0.6) is 0 Å². The summed E-state index contributed by atoms with van der Waals surface area (Å²) in [5, 5.41) is 0. The summed E-state index contributed by atoms with van der Waals surface area (Å²) >= 11 is 11.9. The predicted molar refractivity (Wildman–Crippen MR) is 59.6 cm³/mol. The SMILES string of the molecule is COC(=O)c1ccc(C2CC2(Cl)Cl)cc1. The summed E-state index contributed by atoms with van der Waals surface area (Å²) in [6.07, 6.45) is 0.772. The lowest BCUT2D eigenvalue weighted by atomic mass is 10.1. The zero-order valence-corrected chi connectivity index (χ0v) is 9.68. The van der Waals surface area contributed by atoms with Crippen molar-refractivity contribution in [1.29, 1.82) is 0 Å². The second kappa shape index (κ2) is 3.69. The maximum absolute atomic E-state index is 11.2. The molecule has 1 aliphatic rings. The Kier molecular flexibility index (Phi) is 2.65. The molecule has 1 fully saturated rings. The molecule has 1 saturated carbocycles. The van der Waals surface area contributed by atoms with Crippen LogP contribution in [0.2, 0.25) is 0 Å². The van der Waals surface area contributed by atoms with Crippen LogP contribution in [0, 0.1) is 0 Å². The zero-order chi connectivity index (χ0) is 11.1. The van der Waals surface area contributed by atoms with Gasteiger partial charge in [-0.15, -0.1) is 23.2 Å². The molecule has 15 heavy (non-hydrogen) atoms. The maximum atomic E-state index is 11.2. The summed E-state index contributed by atoms with van der Waals surface area (Å²) in [7, 11) is 1.36. The summed E-state index contributed by atoms with van der Waals surface area (Å²) in [5.74, 6) is -0.145. The Hall–Kier alpha value is -0.730. The van der Waals surface area contributed by atoms with Gasteiger partial charge in [0.25, 0.3) is 0 Å². The molecule has 1 aliphatic carbocycles. The molecule has 1 unspecified atom stereocenters. The van der Waals surface area contributed by atoms with Crippen LogP contribution in [0.15, 0.2) is 24.3 Å². The van der Waals surface area contributed by atoms with E-state index in [0.717, 1.165) is 12.0 Å². The van der Waals surface area contributed by atoms with Crippen LogP contribution in [0.4, 0.5) is 0 Å². The first kappa shape index (κ1) is 10.8. The third kappa shape index (κ3) is 2.11.